The Hall–Kier alpha value is -1.34. The van der Waals surface area contributed by atoms with Crippen molar-refractivity contribution >= 4 is 0 Å². The van der Waals surface area contributed by atoms with Gasteiger partial charge in [-0.25, -0.2) is 0 Å². The van der Waals surface area contributed by atoms with Gasteiger partial charge in [-0.3, -0.25) is 0 Å². The molecule has 0 aromatic heterocycles. The van der Waals surface area contributed by atoms with Crippen molar-refractivity contribution in [2.75, 3.05) is 0 Å². The minimum Gasteiger partial charge on any atom is -0.306 e. The number of nitrogens with one attached hydrogen (secondary N) is 1. The molecule has 18 heavy (non-hydrogen) atoms. The van der Waals surface area contributed by atoms with Gasteiger partial charge in [0.05, 0.1) is 0 Å². The molecule has 0 bridgehead atoms. The summed E-state index contributed by atoms with van der Waals surface area (Å²) >= 11 is 0. The fourth-order valence-electron chi connectivity index (χ4n) is 2.52. The lowest BCUT2D eigenvalue weighted by Gasteiger charge is -2.29. The summed E-state index contributed by atoms with van der Waals surface area (Å²) in [5, 5.41) is 3.66. The van der Waals surface area contributed by atoms with Gasteiger partial charge in [-0.2, -0.15) is 0 Å². The summed E-state index contributed by atoms with van der Waals surface area (Å²) in [6, 6.07) is 11.1. The van der Waals surface area contributed by atoms with Gasteiger partial charge in [0.15, 0.2) is 0 Å². The zero-order chi connectivity index (χ0) is 13.0. The van der Waals surface area contributed by atoms with Gasteiger partial charge < -0.3 is 5.32 Å². The molecule has 0 heterocycles. The molecule has 0 fully saturated rings. The Kier molecular flexibility index (Phi) is 4.38. The van der Waals surface area contributed by atoms with E-state index < -0.39 is 0 Å². The molecule has 0 saturated heterocycles. The van der Waals surface area contributed by atoms with Crippen LogP contribution in [0.1, 0.15) is 32.3 Å². The molecule has 1 N–H and O–H groups in total. The van der Waals surface area contributed by atoms with Crippen LogP contribution in [-0.2, 0) is 6.54 Å². The number of hydrogen-bond donors (Lipinski definition) is 1. The third-order valence-electron chi connectivity index (χ3n) is 3.89. The molecular weight excluding hydrogens is 218 g/mol. The van der Waals surface area contributed by atoms with Crippen molar-refractivity contribution in [2.24, 2.45) is 5.92 Å². The number of hydrogen-bond acceptors (Lipinski definition) is 1. The molecule has 96 valence electrons. The molecule has 1 nitrogen and oxygen atoms in total. The van der Waals surface area contributed by atoms with E-state index in [1.807, 2.05) is 0 Å². The topological polar surface area (TPSA) is 12.0 Å². The Bertz CT molecular complexity index is 430. The van der Waals surface area contributed by atoms with Crippen LogP contribution in [-0.4, -0.2) is 6.04 Å². The minimum atomic E-state index is 0.501. The van der Waals surface area contributed by atoms with E-state index in [1.54, 1.807) is 0 Å². The molecule has 1 aromatic rings. The molecule has 0 saturated carbocycles. The average Bonchev–Trinajstić information content (AvgIpc) is 2.38. The fourth-order valence-corrected chi connectivity index (χ4v) is 2.52. The second kappa shape index (κ2) is 6.01. The molecule has 0 aliphatic heterocycles. The van der Waals surface area contributed by atoms with Crippen LogP contribution in [0.15, 0.2) is 54.1 Å². The average molecular weight is 241 g/mol. The van der Waals surface area contributed by atoms with E-state index in [1.165, 1.54) is 23.1 Å². The van der Waals surface area contributed by atoms with Gasteiger partial charge in [-0.15, -0.1) is 0 Å². The second-order valence-corrected chi connectivity index (χ2v) is 5.38. The van der Waals surface area contributed by atoms with E-state index in [0.717, 1.165) is 13.0 Å². The molecule has 2 atom stereocenters. The molecular formula is C17H23N. The highest BCUT2D eigenvalue weighted by Crippen LogP contribution is 2.28. The maximum absolute atomic E-state index is 4.10. The highest BCUT2D eigenvalue weighted by atomic mass is 14.9. The van der Waals surface area contributed by atoms with Crippen LogP contribution >= 0.6 is 0 Å². The van der Waals surface area contributed by atoms with Crippen molar-refractivity contribution in [3.63, 3.8) is 0 Å². The maximum Gasteiger partial charge on any atom is 0.0285 e. The third-order valence-corrected chi connectivity index (χ3v) is 3.89. The van der Waals surface area contributed by atoms with Crippen molar-refractivity contribution in [3.05, 3.63) is 59.7 Å². The van der Waals surface area contributed by atoms with Gasteiger partial charge in [0.25, 0.3) is 0 Å². The summed E-state index contributed by atoms with van der Waals surface area (Å²) in [5.74, 6) is 0.641. The molecule has 0 unspecified atom stereocenters. The van der Waals surface area contributed by atoms with Gasteiger partial charge in [-0.1, -0.05) is 54.1 Å². The Balaban J connectivity index is 1.94. The lowest BCUT2D eigenvalue weighted by atomic mass is 9.83. The van der Waals surface area contributed by atoms with Gasteiger partial charge in [-0.05, 0) is 38.2 Å². The van der Waals surface area contributed by atoms with Crippen molar-refractivity contribution in [1.29, 1.82) is 0 Å². The van der Waals surface area contributed by atoms with E-state index in [4.69, 9.17) is 0 Å². The van der Waals surface area contributed by atoms with Crippen LogP contribution in [0.25, 0.3) is 0 Å². The van der Waals surface area contributed by atoms with E-state index in [-0.39, 0.29) is 0 Å². The second-order valence-electron chi connectivity index (χ2n) is 5.38. The lowest BCUT2D eigenvalue weighted by Crippen LogP contribution is -2.34. The third kappa shape index (κ3) is 3.33. The summed E-state index contributed by atoms with van der Waals surface area (Å²) in [6.07, 6.45) is 4.71. The molecule has 2 rings (SSSR count). The van der Waals surface area contributed by atoms with E-state index in [9.17, 15) is 0 Å². The lowest BCUT2D eigenvalue weighted by molar-refractivity contribution is 0.429. The van der Waals surface area contributed by atoms with Crippen LogP contribution in [0.4, 0.5) is 0 Å². The first kappa shape index (κ1) is 13.1. The van der Waals surface area contributed by atoms with Crippen LogP contribution in [0.5, 0.6) is 0 Å². The smallest absolute Gasteiger partial charge is 0.0285 e. The van der Waals surface area contributed by atoms with Crippen LogP contribution < -0.4 is 5.32 Å². The van der Waals surface area contributed by atoms with Crippen molar-refractivity contribution in [2.45, 2.75) is 39.3 Å². The first-order chi connectivity index (χ1) is 8.66. The number of rotatable bonds is 4. The van der Waals surface area contributed by atoms with Crippen LogP contribution in [0.2, 0.25) is 0 Å². The van der Waals surface area contributed by atoms with Crippen LogP contribution in [0.3, 0.4) is 0 Å². The number of allylic oxidation sites excluding steroid dienone is 2. The monoisotopic (exact) mass is 241 g/mol. The van der Waals surface area contributed by atoms with Crippen molar-refractivity contribution in [3.8, 4) is 0 Å². The van der Waals surface area contributed by atoms with Gasteiger partial charge in [0.1, 0.15) is 0 Å². The molecule has 0 amide bonds. The zero-order valence-electron chi connectivity index (χ0n) is 11.4. The van der Waals surface area contributed by atoms with E-state index in [2.05, 4.69) is 62.2 Å². The Morgan fingerprint density at radius 2 is 2.06 bits per heavy atom. The summed E-state index contributed by atoms with van der Waals surface area (Å²) in [4.78, 5) is 0. The Labute approximate surface area is 111 Å². The molecule has 1 aliphatic rings. The van der Waals surface area contributed by atoms with Crippen molar-refractivity contribution < 1.29 is 0 Å². The fraction of sp³-hybridized carbons (Fsp3) is 0.412. The predicted octanol–water partition coefficient (Wildman–Crippen LogP) is 4.08. The van der Waals surface area contributed by atoms with Gasteiger partial charge >= 0.3 is 0 Å². The Morgan fingerprint density at radius 3 is 2.72 bits per heavy atom. The van der Waals surface area contributed by atoms with Crippen LogP contribution in [0, 0.1) is 5.92 Å². The summed E-state index contributed by atoms with van der Waals surface area (Å²) in [6.45, 7) is 9.42. The Morgan fingerprint density at radius 1 is 1.33 bits per heavy atom. The van der Waals surface area contributed by atoms with E-state index in [0.29, 0.717) is 12.0 Å². The van der Waals surface area contributed by atoms with Crippen molar-refractivity contribution in [1.82, 2.24) is 5.32 Å². The summed E-state index contributed by atoms with van der Waals surface area (Å²) in [7, 11) is 0. The first-order valence-corrected chi connectivity index (χ1v) is 6.76. The normalized spacial score (nSPS) is 23.6. The molecule has 1 aliphatic carbocycles. The quantitative estimate of drug-likeness (QED) is 0.783. The van der Waals surface area contributed by atoms with E-state index >= 15 is 0 Å². The SMILES string of the molecule is C=C(C)[C@H]1CC=C(C)[C@H](NCc2ccccc2)C1. The highest BCUT2D eigenvalue weighted by Gasteiger charge is 2.21. The van der Waals surface area contributed by atoms with Gasteiger partial charge in [0, 0.05) is 12.6 Å². The predicted molar refractivity (Wildman–Crippen MR) is 78.4 cm³/mol. The standard InChI is InChI=1S/C17H23N/c1-13(2)16-10-9-14(3)17(11-16)18-12-15-7-5-4-6-8-15/h4-9,16-18H,1,10-12H2,2-3H3/t16-,17+/m0/s1. The first-order valence-electron chi connectivity index (χ1n) is 6.76. The highest BCUT2D eigenvalue weighted by molar-refractivity contribution is 5.19. The summed E-state index contributed by atoms with van der Waals surface area (Å²) in [5.41, 5.74) is 4.14. The summed E-state index contributed by atoms with van der Waals surface area (Å²) < 4.78 is 0. The molecule has 1 heteroatoms. The largest absolute Gasteiger partial charge is 0.306 e. The molecule has 1 aromatic carbocycles. The minimum absolute atomic E-state index is 0.501. The maximum atomic E-state index is 4.10. The molecule has 0 radical (unpaired) electrons. The molecule has 0 spiro atoms. The van der Waals surface area contributed by atoms with Gasteiger partial charge in [0.2, 0.25) is 0 Å². The zero-order valence-corrected chi connectivity index (χ0v) is 11.4. The number of benzene rings is 1.